The van der Waals surface area contributed by atoms with Crippen molar-refractivity contribution in [3.63, 3.8) is 0 Å². The number of aromatic nitrogens is 1. The maximum Gasteiger partial charge on any atom is 0.354 e. The van der Waals surface area contributed by atoms with Gasteiger partial charge in [0.1, 0.15) is 5.69 Å². The molecule has 0 atom stereocenters. The highest BCUT2D eigenvalue weighted by Gasteiger charge is 2.11. The number of methoxy groups -OCH3 is 2. The van der Waals surface area contributed by atoms with Crippen molar-refractivity contribution in [3.8, 4) is 0 Å². The number of nitrogens with one attached hydrogen (secondary N) is 1. The Bertz CT molecular complexity index is 516. The van der Waals surface area contributed by atoms with Crippen LogP contribution in [0.1, 0.15) is 16.1 Å². The van der Waals surface area contributed by atoms with Gasteiger partial charge in [0, 0.05) is 18.0 Å². The van der Waals surface area contributed by atoms with Gasteiger partial charge < -0.3 is 14.5 Å². The average Bonchev–Trinajstić information content (AvgIpc) is 2.73. The minimum absolute atomic E-state index is 0.362. The number of H-pyrrole nitrogens is 1. The monoisotopic (exact) mass is 219 g/mol. The molecule has 0 unspecified atom stereocenters. The number of aromatic amines is 1. The number of benzene rings is 1. The quantitative estimate of drug-likeness (QED) is 0.804. The lowest BCUT2D eigenvalue weighted by molar-refractivity contribution is 0.0595. The van der Waals surface area contributed by atoms with Crippen LogP contribution in [0, 0.1) is 0 Å². The first-order valence-electron chi connectivity index (χ1n) is 4.94. The van der Waals surface area contributed by atoms with Crippen LogP contribution in [0.25, 0.3) is 10.9 Å². The zero-order chi connectivity index (χ0) is 11.5. The summed E-state index contributed by atoms with van der Waals surface area (Å²) < 4.78 is 9.77. The van der Waals surface area contributed by atoms with Gasteiger partial charge in [0.2, 0.25) is 0 Å². The Labute approximate surface area is 93.2 Å². The van der Waals surface area contributed by atoms with Gasteiger partial charge in [-0.3, -0.25) is 0 Å². The molecule has 2 aromatic rings. The van der Waals surface area contributed by atoms with Gasteiger partial charge in [-0.2, -0.15) is 0 Å². The lowest BCUT2D eigenvalue weighted by Gasteiger charge is -2.00. The number of hydrogen-bond acceptors (Lipinski definition) is 3. The molecular formula is C12H13NO3. The van der Waals surface area contributed by atoms with Crippen LogP contribution in [-0.4, -0.2) is 25.2 Å². The van der Waals surface area contributed by atoms with Crippen LogP contribution in [0.4, 0.5) is 0 Å². The van der Waals surface area contributed by atoms with Crippen molar-refractivity contribution in [3.05, 3.63) is 35.5 Å². The number of rotatable bonds is 3. The third kappa shape index (κ3) is 1.79. The van der Waals surface area contributed by atoms with Gasteiger partial charge in [-0.25, -0.2) is 4.79 Å². The van der Waals surface area contributed by atoms with Crippen molar-refractivity contribution < 1.29 is 14.3 Å². The molecule has 84 valence electrons. The molecule has 0 aliphatic carbocycles. The van der Waals surface area contributed by atoms with Crippen LogP contribution in [0.15, 0.2) is 24.3 Å². The maximum absolute atomic E-state index is 11.4. The van der Waals surface area contributed by atoms with Crippen LogP contribution < -0.4 is 0 Å². The number of fused-ring (bicyclic) bond motifs is 1. The van der Waals surface area contributed by atoms with Crippen LogP contribution in [0.3, 0.4) is 0 Å². The van der Waals surface area contributed by atoms with Crippen molar-refractivity contribution in [2.45, 2.75) is 6.61 Å². The van der Waals surface area contributed by atoms with Crippen LogP contribution in [0.2, 0.25) is 0 Å². The van der Waals surface area contributed by atoms with E-state index in [4.69, 9.17) is 4.74 Å². The van der Waals surface area contributed by atoms with Gasteiger partial charge in [-0.05, 0) is 17.7 Å². The number of carbonyl (C=O) groups is 1. The fraction of sp³-hybridized carbons (Fsp3) is 0.250. The number of carbonyl (C=O) groups excluding carboxylic acids is 1. The maximum atomic E-state index is 11.4. The Morgan fingerprint density at radius 1 is 1.38 bits per heavy atom. The summed E-state index contributed by atoms with van der Waals surface area (Å²) in [5.74, 6) is -0.362. The van der Waals surface area contributed by atoms with Gasteiger partial charge in [-0.1, -0.05) is 12.1 Å². The topological polar surface area (TPSA) is 51.3 Å². The summed E-state index contributed by atoms with van der Waals surface area (Å²) in [6.07, 6.45) is 0. The van der Waals surface area contributed by atoms with E-state index in [9.17, 15) is 4.79 Å². The normalized spacial score (nSPS) is 10.6. The Morgan fingerprint density at radius 2 is 2.19 bits per heavy atom. The van der Waals surface area contributed by atoms with E-state index in [1.165, 1.54) is 7.11 Å². The predicted octanol–water partition coefficient (Wildman–Crippen LogP) is 2.10. The highest BCUT2D eigenvalue weighted by atomic mass is 16.5. The molecule has 0 bridgehead atoms. The van der Waals surface area contributed by atoms with Crippen molar-refractivity contribution in [2.24, 2.45) is 0 Å². The standard InChI is InChI=1S/C12H13NO3/c1-15-7-8-4-3-5-10-9(8)6-11(13-10)12(14)16-2/h3-6,13H,7H2,1-2H3. The molecule has 0 aliphatic heterocycles. The van der Waals surface area contributed by atoms with E-state index < -0.39 is 0 Å². The largest absolute Gasteiger partial charge is 0.464 e. The fourth-order valence-electron chi connectivity index (χ4n) is 1.72. The van der Waals surface area contributed by atoms with Crippen LogP contribution in [-0.2, 0) is 16.1 Å². The smallest absolute Gasteiger partial charge is 0.354 e. The molecule has 0 radical (unpaired) electrons. The molecule has 2 rings (SSSR count). The van der Waals surface area contributed by atoms with E-state index in [-0.39, 0.29) is 5.97 Å². The summed E-state index contributed by atoms with van der Waals surface area (Å²) in [4.78, 5) is 14.4. The lowest BCUT2D eigenvalue weighted by atomic mass is 10.1. The molecule has 0 saturated heterocycles. The second-order valence-electron chi connectivity index (χ2n) is 3.49. The third-order valence-corrected chi connectivity index (χ3v) is 2.46. The molecule has 0 spiro atoms. The summed E-state index contributed by atoms with van der Waals surface area (Å²) in [7, 11) is 3.01. The molecule has 1 N–H and O–H groups in total. The molecule has 0 aliphatic rings. The zero-order valence-corrected chi connectivity index (χ0v) is 9.24. The summed E-state index contributed by atoms with van der Waals surface area (Å²) in [6.45, 7) is 0.524. The third-order valence-electron chi connectivity index (χ3n) is 2.46. The first-order chi connectivity index (χ1) is 7.76. The first-order valence-corrected chi connectivity index (χ1v) is 4.94. The highest BCUT2D eigenvalue weighted by Crippen LogP contribution is 2.20. The zero-order valence-electron chi connectivity index (χ0n) is 9.24. The van der Waals surface area contributed by atoms with Gasteiger partial charge in [0.25, 0.3) is 0 Å². The second-order valence-corrected chi connectivity index (χ2v) is 3.49. The minimum Gasteiger partial charge on any atom is -0.464 e. The number of hydrogen-bond donors (Lipinski definition) is 1. The molecule has 4 heteroatoms. The molecule has 16 heavy (non-hydrogen) atoms. The minimum atomic E-state index is -0.362. The van der Waals surface area contributed by atoms with E-state index in [1.54, 1.807) is 13.2 Å². The van der Waals surface area contributed by atoms with E-state index in [2.05, 4.69) is 9.72 Å². The van der Waals surface area contributed by atoms with E-state index in [0.29, 0.717) is 12.3 Å². The van der Waals surface area contributed by atoms with Gasteiger partial charge in [0.05, 0.1) is 13.7 Å². The highest BCUT2D eigenvalue weighted by molar-refractivity contribution is 5.95. The lowest BCUT2D eigenvalue weighted by Crippen LogP contribution is -2.00. The summed E-state index contributed by atoms with van der Waals surface area (Å²) in [5.41, 5.74) is 2.42. The van der Waals surface area contributed by atoms with Gasteiger partial charge >= 0.3 is 5.97 Å². The van der Waals surface area contributed by atoms with Crippen molar-refractivity contribution >= 4 is 16.9 Å². The SMILES string of the molecule is COCc1cccc2[nH]c(C(=O)OC)cc12. The fourth-order valence-corrected chi connectivity index (χ4v) is 1.72. The van der Waals surface area contributed by atoms with E-state index in [1.807, 2.05) is 18.2 Å². The Kier molecular flexibility index (Phi) is 2.92. The Hall–Kier alpha value is -1.81. The van der Waals surface area contributed by atoms with Crippen LogP contribution in [0.5, 0.6) is 0 Å². The second kappa shape index (κ2) is 4.37. The predicted molar refractivity (Wildman–Crippen MR) is 60.4 cm³/mol. The first kappa shape index (κ1) is 10.7. The number of esters is 1. The van der Waals surface area contributed by atoms with Gasteiger partial charge in [-0.15, -0.1) is 0 Å². The van der Waals surface area contributed by atoms with Crippen LogP contribution >= 0.6 is 0 Å². The molecule has 0 amide bonds. The summed E-state index contributed by atoms with van der Waals surface area (Å²) in [5, 5.41) is 0.991. The molecule has 1 aromatic carbocycles. The number of ether oxygens (including phenoxy) is 2. The van der Waals surface area contributed by atoms with Crippen molar-refractivity contribution in [1.29, 1.82) is 0 Å². The van der Waals surface area contributed by atoms with E-state index >= 15 is 0 Å². The molecule has 4 nitrogen and oxygen atoms in total. The molecule has 1 heterocycles. The summed E-state index contributed by atoms with van der Waals surface area (Å²) in [6, 6.07) is 7.60. The molecular weight excluding hydrogens is 206 g/mol. The van der Waals surface area contributed by atoms with Gasteiger partial charge in [0.15, 0.2) is 0 Å². The molecule has 0 fully saturated rings. The molecule has 1 aromatic heterocycles. The van der Waals surface area contributed by atoms with Crippen molar-refractivity contribution in [2.75, 3.05) is 14.2 Å². The van der Waals surface area contributed by atoms with Crippen molar-refractivity contribution in [1.82, 2.24) is 4.98 Å². The summed E-state index contributed by atoms with van der Waals surface area (Å²) >= 11 is 0. The Morgan fingerprint density at radius 3 is 2.88 bits per heavy atom. The average molecular weight is 219 g/mol. The Balaban J connectivity index is 2.52. The molecule has 0 saturated carbocycles. The van der Waals surface area contributed by atoms with E-state index in [0.717, 1.165) is 16.5 Å².